The van der Waals surface area contributed by atoms with E-state index in [4.69, 9.17) is 0 Å². The van der Waals surface area contributed by atoms with Crippen molar-refractivity contribution in [1.82, 2.24) is 9.97 Å². The molecule has 2 heterocycles. The maximum absolute atomic E-state index is 11.1. The quantitative estimate of drug-likeness (QED) is 0.705. The van der Waals surface area contributed by atoms with Gasteiger partial charge in [-0.25, -0.2) is 4.98 Å². The second kappa shape index (κ2) is 5.43. The highest BCUT2D eigenvalue weighted by atomic mass is 32.1. The third kappa shape index (κ3) is 2.42. The van der Waals surface area contributed by atoms with Crippen LogP contribution in [0.5, 0.6) is 5.75 Å². The number of thiazole rings is 1. The van der Waals surface area contributed by atoms with Crippen molar-refractivity contribution in [2.24, 2.45) is 0 Å². The smallest absolute Gasteiger partial charge is 0.178 e. The van der Waals surface area contributed by atoms with Crippen LogP contribution in [0.25, 0.3) is 21.8 Å². The predicted octanol–water partition coefficient (Wildman–Crippen LogP) is 4.58. The summed E-state index contributed by atoms with van der Waals surface area (Å²) in [4.78, 5) is 8.85. The molecule has 0 saturated carbocycles. The van der Waals surface area contributed by atoms with Gasteiger partial charge in [-0.05, 0) is 42.3 Å². The Kier molecular flexibility index (Phi) is 3.48. The lowest BCUT2D eigenvalue weighted by Crippen LogP contribution is -1.88. The van der Waals surface area contributed by atoms with Gasteiger partial charge in [-0.15, -0.1) is 11.3 Å². The van der Waals surface area contributed by atoms with E-state index in [1.54, 1.807) is 23.5 Å². The van der Waals surface area contributed by atoms with E-state index in [-0.39, 0.29) is 5.75 Å². The molecule has 0 unspecified atom stereocenters. The zero-order chi connectivity index (χ0) is 13.9. The molecule has 0 spiro atoms. The van der Waals surface area contributed by atoms with Crippen molar-refractivity contribution >= 4 is 11.3 Å². The highest BCUT2D eigenvalue weighted by Gasteiger charge is 2.10. The highest BCUT2D eigenvalue weighted by molar-refractivity contribution is 7.13. The van der Waals surface area contributed by atoms with Gasteiger partial charge in [0.15, 0.2) is 5.75 Å². The van der Waals surface area contributed by atoms with E-state index in [1.807, 2.05) is 36.0 Å². The molecule has 2 aromatic heterocycles. The Bertz CT molecular complexity index is 719. The Morgan fingerprint density at radius 2 is 1.95 bits per heavy atom. The Morgan fingerprint density at radius 3 is 2.70 bits per heavy atom. The van der Waals surface area contributed by atoms with Crippen molar-refractivity contribution in [2.75, 3.05) is 0 Å². The molecule has 0 N–H and O–H groups in total. The fraction of sp³-hybridized carbons (Fsp3) is 0.125. The lowest BCUT2D eigenvalue weighted by Gasteiger charge is -2.02. The molecule has 0 bridgehead atoms. The molecule has 1 radical (unpaired) electrons. The van der Waals surface area contributed by atoms with Gasteiger partial charge in [-0.3, -0.25) is 10.1 Å². The van der Waals surface area contributed by atoms with Crippen molar-refractivity contribution in [2.45, 2.75) is 13.3 Å². The number of hydrogen-bond acceptors (Lipinski definition) is 3. The van der Waals surface area contributed by atoms with E-state index >= 15 is 0 Å². The zero-order valence-electron chi connectivity index (χ0n) is 11.0. The largest absolute Gasteiger partial charge is 0.290 e. The van der Waals surface area contributed by atoms with Gasteiger partial charge in [0.2, 0.25) is 0 Å². The molecule has 0 fully saturated rings. The van der Waals surface area contributed by atoms with Gasteiger partial charge in [0, 0.05) is 28.9 Å². The van der Waals surface area contributed by atoms with Gasteiger partial charge in [-0.2, -0.15) is 0 Å². The minimum absolute atomic E-state index is 0.0183. The van der Waals surface area contributed by atoms with E-state index in [1.165, 1.54) is 5.56 Å². The summed E-state index contributed by atoms with van der Waals surface area (Å²) in [5.41, 5.74) is 4.20. The highest BCUT2D eigenvalue weighted by Crippen LogP contribution is 2.31. The van der Waals surface area contributed by atoms with Gasteiger partial charge >= 0.3 is 0 Å². The van der Waals surface area contributed by atoms with Gasteiger partial charge in [0.05, 0.1) is 5.69 Å². The molecule has 3 aromatic rings. The van der Waals surface area contributed by atoms with Crippen LogP contribution in [-0.2, 0) is 11.5 Å². The molecule has 0 atom stereocenters. The number of aryl methyl sites for hydroxylation is 1. The van der Waals surface area contributed by atoms with Crippen LogP contribution in [0.2, 0.25) is 0 Å². The van der Waals surface area contributed by atoms with Crippen LogP contribution in [0.1, 0.15) is 12.5 Å². The van der Waals surface area contributed by atoms with E-state index in [2.05, 4.69) is 16.9 Å². The summed E-state index contributed by atoms with van der Waals surface area (Å²) in [7, 11) is 0. The average Bonchev–Trinajstić information content (AvgIpc) is 2.97. The number of benzene rings is 1. The number of pyridine rings is 1. The van der Waals surface area contributed by atoms with Crippen molar-refractivity contribution in [1.29, 1.82) is 0 Å². The molecule has 1 aromatic carbocycles. The summed E-state index contributed by atoms with van der Waals surface area (Å²) < 4.78 is 0. The number of nitrogens with zero attached hydrogens (tertiary/aromatic N) is 2. The molecule has 3 nitrogen and oxygen atoms in total. The van der Waals surface area contributed by atoms with Crippen LogP contribution in [0.15, 0.2) is 48.1 Å². The molecular weight excluding hydrogens is 268 g/mol. The van der Waals surface area contributed by atoms with Crippen LogP contribution in [0.3, 0.4) is 0 Å². The first-order valence-electron chi connectivity index (χ1n) is 6.44. The Morgan fingerprint density at radius 1 is 1.15 bits per heavy atom. The fourth-order valence-corrected chi connectivity index (χ4v) is 2.95. The van der Waals surface area contributed by atoms with Crippen LogP contribution in [-0.4, -0.2) is 9.97 Å². The van der Waals surface area contributed by atoms with Gasteiger partial charge in [0.1, 0.15) is 5.01 Å². The Hall–Kier alpha value is -2.20. The maximum Gasteiger partial charge on any atom is 0.178 e. The van der Waals surface area contributed by atoms with Gasteiger partial charge in [-0.1, -0.05) is 6.92 Å². The van der Waals surface area contributed by atoms with E-state index in [0.717, 1.165) is 28.2 Å². The normalized spacial score (nSPS) is 10.7. The van der Waals surface area contributed by atoms with Crippen LogP contribution < -0.4 is 0 Å². The molecule has 4 heteroatoms. The molecule has 99 valence electrons. The Labute approximate surface area is 121 Å². The molecule has 0 amide bonds. The van der Waals surface area contributed by atoms with Crippen molar-refractivity contribution < 1.29 is 5.11 Å². The second-order valence-corrected chi connectivity index (χ2v) is 5.31. The third-order valence-corrected chi connectivity index (χ3v) is 4.05. The number of rotatable bonds is 3. The lowest BCUT2D eigenvalue weighted by molar-refractivity contribution is 0.355. The second-order valence-electron chi connectivity index (χ2n) is 4.45. The first kappa shape index (κ1) is 12.8. The maximum atomic E-state index is 11.1. The molecule has 0 aliphatic rings. The van der Waals surface area contributed by atoms with Crippen LogP contribution >= 0.6 is 11.3 Å². The minimum Gasteiger partial charge on any atom is -0.290 e. The standard InChI is InChI=1S/C16H13N2OS/c1-2-11-7-8-17-9-14(11)16-18-15(10-20-16)12-3-5-13(19)6-4-12/h3-10H,2H2,1H3. The summed E-state index contributed by atoms with van der Waals surface area (Å²) in [5.74, 6) is 0.0183. The number of hydrogen-bond donors (Lipinski definition) is 0. The first-order chi connectivity index (χ1) is 9.78. The fourth-order valence-electron chi connectivity index (χ4n) is 2.08. The van der Waals surface area contributed by atoms with Crippen LogP contribution in [0, 0.1) is 0 Å². The third-order valence-electron chi connectivity index (χ3n) is 3.18. The van der Waals surface area contributed by atoms with Crippen molar-refractivity contribution in [3.05, 3.63) is 53.7 Å². The van der Waals surface area contributed by atoms with Gasteiger partial charge < -0.3 is 0 Å². The van der Waals surface area contributed by atoms with E-state index < -0.39 is 0 Å². The Balaban J connectivity index is 2.00. The average molecular weight is 281 g/mol. The molecule has 3 rings (SSSR count). The molecular formula is C16H13N2OS. The van der Waals surface area contributed by atoms with E-state index in [9.17, 15) is 5.11 Å². The molecule has 20 heavy (non-hydrogen) atoms. The zero-order valence-corrected chi connectivity index (χ0v) is 11.9. The molecule has 0 saturated heterocycles. The summed E-state index contributed by atoms with van der Waals surface area (Å²) in [6.07, 6.45) is 4.63. The SMILES string of the molecule is CCc1ccncc1-c1nc(-c2ccc([O])cc2)cs1. The first-order valence-corrected chi connectivity index (χ1v) is 7.32. The van der Waals surface area contributed by atoms with Crippen LogP contribution in [0.4, 0.5) is 0 Å². The van der Waals surface area contributed by atoms with Crippen molar-refractivity contribution in [3.8, 4) is 27.6 Å². The summed E-state index contributed by atoms with van der Waals surface area (Å²) in [6.45, 7) is 2.13. The summed E-state index contributed by atoms with van der Waals surface area (Å²) in [5, 5.41) is 14.1. The monoisotopic (exact) mass is 281 g/mol. The summed E-state index contributed by atoms with van der Waals surface area (Å²) in [6, 6.07) is 8.78. The lowest BCUT2D eigenvalue weighted by atomic mass is 10.1. The topological polar surface area (TPSA) is 45.7 Å². The van der Waals surface area contributed by atoms with Crippen molar-refractivity contribution in [3.63, 3.8) is 0 Å². The van der Waals surface area contributed by atoms with Gasteiger partial charge in [0.25, 0.3) is 0 Å². The molecule has 0 aliphatic carbocycles. The summed E-state index contributed by atoms with van der Waals surface area (Å²) >= 11 is 1.60. The number of aromatic nitrogens is 2. The minimum atomic E-state index is 0.0183. The molecule has 0 aliphatic heterocycles. The van der Waals surface area contributed by atoms with E-state index in [0.29, 0.717) is 0 Å². The predicted molar refractivity (Wildman–Crippen MR) is 80.3 cm³/mol.